The number of hydrogen-bond acceptors (Lipinski definition) is 4. The summed E-state index contributed by atoms with van der Waals surface area (Å²) in [6.45, 7) is 1.12. The van der Waals surface area contributed by atoms with Gasteiger partial charge in [-0.1, -0.05) is 18.2 Å². The van der Waals surface area contributed by atoms with Crippen molar-refractivity contribution < 1.29 is 14.6 Å². The Hall–Kier alpha value is -2.34. The molecular formula is C18H21N3O3. The lowest BCUT2D eigenvalue weighted by molar-refractivity contribution is -0.143. The molecule has 0 bridgehead atoms. The van der Waals surface area contributed by atoms with Crippen LogP contribution in [0, 0.1) is 0 Å². The minimum absolute atomic E-state index is 0.500. The van der Waals surface area contributed by atoms with Crippen LogP contribution in [0.2, 0.25) is 0 Å². The molecule has 24 heavy (non-hydrogen) atoms. The van der Waals surface area contributed by atoms with Crippen molar-refractivity contribution in [2.45, 2.75) is 37.8 Å². The SMILES string of the molecule is CN(Cc1cc(C2CC2)n[nH]1)C(C(=O)O)c1cccc2c1OCC2. The number of fused-ring (bicyclic) bond motifs is 1. The lowest BCUT2D eigenvalue weighted by atomic mass is 10.0. The van der Waals surface area contributed by atoms with Gasteiger partial charge >= 0.3 is 5.97 Å². The van der Waals surface area contributed by atoms with Crippen LogP contribution >= 0.6 is 0 Å². The zero-order chi connectivity index (χ0) is 16.7. The summed E-state index contributed by atoms with van der Waals surface area (Å²) < 4.78 is 5.69. The number of ether oxygens (including phenoxy) is 1. The summed E-state index contributed by atoms with van der Waals surface area (Å²) in [4.78, 5) is 13.8. The second kappa shape index (κ2) is 5.94. The zero-order valence-corrected chi connectivity index (χ0v) is 13.7. The molecule has 0 radical (unpaired) electrons. The highest BCUT2D eigenvalue weighted by Crippen LogP contribution is 2.39. The molecule has 2 aromatic rings. The second-order valence-electron chi connectivity index (χ2n) is 6.68. The normalized spacial score (nSPS) is 17.6. The predicted molar refractivity (Wildman–Crippen MR) is 88.0 cm³/mol. The Bertz CT molecular complexity index is 767. The van der Waals surface area contributed by atoms with Crippen LogP contribution in [0.3, 0.4) is 0 Å². The van der Waals surface area contributed by atoms with E-state index in [1.807, 2.05) is 30.1 Å². The summed E-state index contributed by atoms with van der Waals surface area (Å²) in [5.74, 6) is 0.449. The Morgan fingerprint density at radius 3 is 3.08 bits per heavy atom. The van der Waals surface area contributed by atoms with E-state index in [2.05, 4.69) is 16.3 Å². The van der Waals surface area contributed by atoms with Crippen molar-refractivity contribution in [3.63, 3.8) is 0 Å². The predicted octanol–water partition coefficient (Wildman–Crippen LogP) is 2.48. The maximum atomic E-state index is 11.9. The lowest BCUT2D eigenvalue weighted by Crippen LogP contribution is -2.31. The van der Waals surface area contributed by atoms with Gasteiger partial charge in [-0.05, 0) is 31.5 Å². The number of rotatable bonds is 6. The van der Waals surface area contributed by atoms with E-state index in [9.17, 15) is 9.90 Å². The number of aromatic amines is 1. The van der Waals surface area contributed by atoms with Gasteiger partial charge in [0.15, 0.2) is 0 Å². The zero-order valence-electron chi connectivity index (χ0n) is 13.7. The molecule has 126 valence electrons. The number of nitrogens with one attached hydrogen (secondary N) is 1. The van der Waals surface area contributed by atoms with Gasteiger partial charge in [-0.3, -0.25) is 14.8 Å². The van der Waals surface area contributed by atoms with Gasteiger partial charge in [-0.25, -0.2) is 0 Å². The third kappa shape index (κ3) is 2.78. The number of benzene rings is 1. The van der Waals surface area contributed by atoms with Crippen molar-refractivity contribution in [3.05, 3.63) is 46.8 Å². The highest BCUT2D eigenvalue weighted by atomic mass is 16.5. The van der Waals surface area contributed by atoms with E-state index in [1.165, 1.54) is 12.8 Å². The molecule has 0 spiro atoms. The van der Waals surface area contributed by atoms with E-state index in [0.29, 0.717) is 19.1 Å². The first kappa shape index (κ1) is 15.2. The Morgan fingerprint density at radius 1 is 1.50 bits per heavy atom. The molecule has 6 nitrogen and oxygen atoms in total. The first-order valence-electron chi connectivity index (χ1n) is 8.35. The van der Waals surface area contributed by atoms with Crippen LogP contribution in [0.4, 0.5) is 0 Å². The summed E-state index contributed by atoms with van der Waals surface area (Å²) in [6, 6.07) is 7.07. The van der Waals surface area contributed by atoms with Crippen LogP contribution in [0.5, 0.6) is 5.75 Å². The molecule has 2 heterocycles. The molecule has 1 fully saturated rings. The average Bonchev–Trinajstić information content (AvgIpc) is 3.09. The van der Waals surface area contributed by atoms with Crippen LogP contribution in [-0.4, -0.2) is 39.8 Å². The quantitative estimate of drug-likeness (QED) is 0.852. The van der Waals surface area contributed by atoms with Gasteiger partial charge in [0, 0.05) is 30.1 Å². The number of hydrogen-bond donors (Lipinski definition) is 2. The van der Waals surface area contributed by atoms with Crippen molar-refractivity contribution in [2.75, 3.05) is 13.7 Å². The van der Waals surface area contributed by atoms with Crippen LogP contribution in [0.15, 0.2) is 24.3 Å². The number of carbonyl (C=O) groups is 1. The molecule has 2 N–H and O–H groups in total. The van der Waals surface area contributed by atoms with Gasteiger partial charge in [0.1, 0.15) is 11.8 Å². The number of aromatic nitrogens is 2. The molecule has 0 saturated heterocycles. The monoisotopic (exact) mass is 327 g/mol. The Labute approximate surface area is 140 Å². The number of H-pyrrole nitrogens is 1. The summed E-state index contributed by atoms with van der Waals surface area (Å²) >= 11 is 0. The van der Waals surface area contributed by atoms with E-state index in [0.717, 1.165) is 34.7 Å². The number of carboxylic acids is 1. The van der Waals surface area contributed by atoms with Crippen molar-refractivity contribution in [3.8, 4) is 5.75 Å². The number of aliphatic carboxylic acids is 1. The first-order valence-corrected chi connectivity index (χ1v) is 8.35. The molecule has 1 atom stereocenters. The van der Waals surface area contributed by atoms with Crippen molar-refractivity contribution in [1.82, 2.24) is 15.1 Å². The molecule has 6 heteroatoms. The molecule has 1 aromatic carbocycles. The average molecular weight is 327 g/mol. The van der Waals surface area contributed by atoms with Gasteiger partial charge in [0.25, 0.3) is 0 Å². The van der Waals surface area contributed by atoms with Crippen LogP contribution in [-0.2, 0) is 17.8 Å². The molecule has 1 unspecified atom stereocenters. The summed E-state index contributed by atoms with van der Waals surface area (Å²) in [7, 11) is 1.82. The molecule has 2 aliphatic rings. The molecule has 0 amide bonds. The standard InChI is InChI=1S/C18H21N3O3/c1-21(10-13-9-15(20-19-13)11-5-6-11)16(18(22)23)14-4-2-3-12-7-8-24-17(12)14/h2-4,9,11,16H,5-8,10H2,1H3,(H,19,20)(H,22,23). The maximum absolute atomic E-state index is 11.9. The lowest BCUT2D eigenvalue weighted by Gasteiger charge is -2.25. The fourth-order valence-corrected chi connectivity index (χ4v) is 3.42. The van der Waals surface area contributed by atoms with Gasteiger partial charge in [-0.2, -0.15) is 5.10 Å². The summed E-state index contributed by atoms with van der Waals surface area (Å²) in [5.41, 5.74) is 3.85. The highest BCUT2D eigenvalue weighted by Gasteiger charge is 2.31. The van der Waals surface area contributed by atoms with Gasteiger partial charge in [0.05, 0.1) is 12.3 Å². The molecule has 1 aliphatic heterocycles. The van der Waals surface area contributed by atoms with Crippen molar-refractivity contribution in [2.24, 2.45) is 0 Å². The molecular weight excluding hydrogens is 306 g/mol. The Kier molecular flexibility index (Phi) is 3.76. The number of likely N-dealkylation sites (N-methyl/N-ethyl adjacent to an activating group) is 1. The Morgan fingerprint density at radius 2 is 2.33 bits per heavy atom. The number of para-hydroxylation sites is 1. The molecule has 1 aliphatic carbocycles. The topological polar surface area (TPSA) is 78.5 Å². The van der Waals surface area contributed by atoms with Gasteiger partial charge in [0.2, 0.25) is 0 Å². The van der Waals surface area contributed by atoms with E-state index < -0.39 is 12.0 Å². The molecule has 1 saturated carbocycles. The minimum Gasteiger partial charge on any atom is -0.493 e. The second-order valence-corrected chi connectivity index (χ2v) is 6.68. The fourth-order valence-electron chi connectivity index (χ4n) is 3.42. The van der Waals surface area contributed by atoms with Crippen molar-refractivity contribution >= 4 is 5.97 Å². The largest absolute Gasteiger partial charge is 0.493 e. The van der Waals surface area contributed by atoms with E-state index >= 15 is 0 Å². The van der Waals surface area contributed by atoms with E-state index in [-0.39, 0.29) is 0 Å². The van der Waals surface area contributed by atoms with E-state index in [1.54, 1.807) is 0 Å². The number of carboxylic acid groups (broad SMARTS) is 1. The van der Waals surface area contributed by atoms with Crippen LogP contribution in [0.25, 0.3) is 0 Å². The summed E-state index contributed by atoms with van der Waals surface area (Å²) in [5, 5.41) is 17.2. The molecule has 1 aromatic heterocycles. The van der Waals surface area contributed by atoms with Gasteiger partial charge in [-0.15, -0.1) is 0 Å². The van der Waals surface area contributed by atoms with Crippen LogP contribution in [0.1, 0.15) is 47.3 Å². The highest BCUT2D eigenvalue weighted by molar-refractivity contribution is 5.77. The van der Waals surface area contributed by atoms with Crippen LogP contribution < -0.4 is 4.74 Å². The van der Waals surface area contributed by atoms with E-state index in [4.69, 9.17) is 4.74 Å². The fraction of sp³-hybridized carbons (Fsp3) is 0.444. The van der Waals surface area contributed by atoms with Gasteiger partial charge < -0.3 is 9.84 Å². The molecule has 4 rings (SSSR count). The smallest absolute Gasteiger partial charge is 0.325 e. The maximum Gasteiger partial charge on any atom is 0.325 e. The summed E-state index contributed by atoms with van der Waals surface area (Å²) in [6.07, 6.45) is 3.24. The Balaban J connectivity index is 1.58. The number of nitrogens with zero attached hydrogens (tertiary/aromatic N) is 2. The van der Waals surface area contributed by atoms with Crippen molar-refractivity contribution in [1.29, 1.82) is 0 Å². The third-order valence-corrected chi connectivity index (χ3v) is 4.78. The first-order chi connectivity index (χ1) is 11.6. The minimum atomic E-state index is -0.872. The third-order valence-electron chi connectivity index (χ3n) is 4.78.